The highest BCUT2D eigenvalue weighted by molar-refractivity contribution is 5.86. The number of aromatic nitrogens is 3. The van der Waals surface area contributed by atoms with E-state index in [1.165, 1.54) is 7.11 Å². The number of carbonyl (C=O) groups is 1. The quantitative estimate of drug-likeness (QED) is 0.671. The molecule has 0 fully saturated rings. The summed E-state index contributed by atoms with van der Waals surface area (Å²) in [7, 11) is 1.50. The minimum atomic E-state index is -1.09. The van der Waals surface area contributed by atoms with E-state index in [1.54, 1.807) is 4.68 Å². The van der Waals surface area contributed by atoms with Gasteiger partial charge in [-0.05, 0) is 13.3 Å². The summed E-state index contributed by atoms with van der Waals surface area (Å²) in [5.41, 5.74) is 0.430. The van der Waals surface area contributed by atoms with Crippen LogP contribution in [0.1, 0.15) is 29.5 Å². The number of aromatic carboxylic acids is 1. The van der Waals surface area contributed by atoms with Crippen LogP contribution in [0.4, 0.5) is 0 Å². The van der Waals surface area contributed by atoms with Crippen LogP contribution in [0.3, 0.4) is 0 Å². The Bertz CT molecular complexity index is 364. The van der Waals surface area contributed by atoms with Gasteiger partial charge in [0.15, 0.2) is 5.69 Å². The van der Waals surface area contributed by atoms with Crippen molar-refractivity contribution in [2.45, 2.75) is 26.5 Å². The number of methoxy groups -OCH3 is 1. The molecule has 0 spiro atoms. The standard InChI is InChI=1S/C10H17N3O4/c1-3-17-6-4-5-13-8(7-16-2)9(10(14)15)11-12-13/h3-7H2,1-2H3,(H,14,15). The van der Waals surface area contributed by atoms with Crippen LogP contribution < -0.4 is 0 Å². The Kier molecular flexibility index (Phi) is 5.58. The highest BCUT2D eigenvalue weighted by atomic mass is 16.5. The number of carboxylic acid groups (broad SMARTS) is 1. The fraction of sp³-hybridized carbons (Fsp3) is 0.700. The zero-order valence-corrected chi connectivity index (χ0v) is 10.0. The maximum absolute atomic E-state index is 10.9. The molecule has 0 aromatic carbocycles. The zero-order chi connectivity index (χ0) is 12.7. The predicted molar refractivity (Wildman–Crippen MR) is 58.8 cm³/mol. The smallest absolute Gasteiger partial charge is 0.358 e. The van der Waals surface area contributed by atoms with Crippen molar-refractivity contribution >= 4 is 5.97 Å². The maximum Gasteiger partial charge on any atom is 0.358 e. The van der Waals surface area contributed by atoms with Gasteiger partial charge in [0.1, 0.15) is 0 Å². The first kappa shape index (κ1) is 13.6. The molecule has 0 bridgehead atoms. The summed E-state index contributed by atoms with van der Waals surface area (Å²) in [6, 6.07) is 0. The fourth-order valence-corrected chi connectivity index (χ4v) is 1.42. The molecule has 0 unspecified atom stereocenters. The maximum atomic E-state index is 10.9. The van der Waals surface area contributed by atoms with Crippen LogP contribution in [0.15, 0.2) is 0 Å². The Morgan fingerprint density at radius 1 is 1.53 bits per heavy atom. The van der Waals surface area contributed by atoms with Gasteiger partial charge >= 0.3 is 5.97 Å². The minimum absolute atomic E-state index is 0.0525. The lowest BCUT2D eigenvalue weighted by Crippen LogP contribution is -2.11. The van der Waals surface area contributed by atoms with Crippen molar-refractivity contribution in [1.82, 2.24) is 15.0 Å². The van der Waals surface area contributed by atoms with Crippen molar-refractivity contribution in [1.29, 1.82) is 0 Å². The van der Waals surface area contributed by atoms with E-state index in [9.17, 15) is 4.79 Å². The molecule has 7 nitrogen and oxygen atoms in total. The second-order valence-electron chi connectivity index (χ2n) is 3.40. The SMILES string of the molecule is CCOCCCn1nnc(C(=O)O)c1COC. The van der Waals surface area contributed by atoms with E-state index in [1.807, 2.05) is 6.92 Å². The fourth-order valence-electron chi connectivity index (χ4n) is 1.42. The van der Waals surface area contributed by atoms with Crippen LogP contribution in [0.2, 0.25) is 0 Å². The summed E-state index contributed by atoms with van der Waals surface area (Å²) in [6.07, 6.45) is 0.757. The number of aryl methyl sites for hydroxylation is 1. The molecule has 1 N–H and O–H groups in total. The summed E-state index contributed by atoms with van der Waals surface area (Å²) in [6.45, 7) is 3.96. The molecule has 0 amide bonds. The first-order valence-electron chi connectivity index (χ1n) is 5.43. The van der Waals surface area contributed by atoms with E-state index in [0.717, 1.165) is 6.42 Å². The molecule has 0 saturated carbocycles. The van der Waals surface area contributed by atoms with E-state index < -0.39 is 5.97 Å². The average molecular weight is 243 g/mol. The van der Waals surface area contributed by atoms with E-state index in [-0.39, 0.29) is 12.3 Å². The first-order chi connectivity index (χ1) is 8.20. The van der Waals surface area contributed by atoms with Gasteiger partial charge in [0, 0.05) is 26.9 Å². The van der Waals surface area contributed by atoms with Gasteiger partial charge in [0.05, 0.1) is 12.3 Å². The van der Waals surface area contributed by atoms with Crippen LogP contribution in [-0.2, 0) is 22.6 Å². The van der Waals surface area contributed by atoms with E-state index in [2.05, 4.69) is 10.3 Å². The zero-order valence-electron chi connectivity index (χ0n) is 10.0. The molecule has 1 heterocycles. The summed E-state index contributed by atoms with van der Waals surface area (Å²) < 4.78 is 11.7. The van der Waals surface area contributed by atoms with Gasteiger partial charge in [-0.2, -0.15) is 0 Å². The Hall–Kier alpha value is -1.47. The van der Waals surface area contributed by atoms with Crippen molar-refractivity contribution in [3.05, 3.63) is 11.4 Å². The van der Waals surface area contributed by atoms with Crippen molar-refractivity contribution in [2.24, 2.45) is 0 Å². The third-order valence-corrected chi connectivity index (χ3v) is 2.18. The number of nitrogens with zero attached hydrogens (tertiary/aromatic N) is 3. The van der Waals surface area contributed by atoms with E-state index >= 15 is 0 Å². The Labute approximate surface area is 99.3 Å². The molecule has 0 atom stereocenters. The molecule has 1 aromatic rings. The van der Waals surface area contributed by atoms with Crippen LogP contribution in [0, 0.1) is 0 Å². The molecule has 0 aliphatic heterocycles. The van der Waals surface area contributed by atoms with Gasteiger partial charge in [-0.15, -0.1) is 5.10 Å². The third-order valence-electron chi connectivity index (χ3n) is 2.18. The van der Waals surface area contributed by atoms with Crippen LogP contribution in [0.25, 0.3) is 0 Å². The van der Waals surface area contributed by atoms with Gasteiger partial charge < -0.3 is 14.6 Å². The monoisotopic (exact) mass is 243 g/mol. The molecule has 0 aliphatic carbocycles. The Morgan fingerprint density at radius 2 is 2.29 bits per heavy atom. The van der Waals surface area contributed by atoms with Crippen LogP contribution >= 0.6 is 0 Å². The van der Waals surface area contributed by atoms with Gasteiger partial charge in [0.2, 0.25) is 0 Å². The molecule has 0 aliphatic rings. The molecule has 1 aromatic heterocycles. The average Bonchev–Trinajstić information content (AvgIpc) is 2.69. The normalized spacial score (nSPS) is 10.7. The molecule has 0 radical (unpaired) electrons. The van der Waals surface area contributed by atoms with Gasteiger partial charge in [-0.3, -0.25) is 0 Å². The lowest BCUT2D eigenvalue weighted by Gasteiger charge is -2.06. The lowest BCUT2D eigenvalue weighted by atomic mass is 10.3. The number of hydrogen-bond acceptors (Lipinski definition) is 5. The van der Waals surface area contributed by atoms with Crippen molar-refractivity contribution in [3.63, 3.8) is 0 Å². The summed E-state index contributed by atoms with van der Waals surface area (Å²) in [5, 5.41) is 16.3. The predicted octanol–water partition coefficient (Wildman–Crippen LogP) is 0.549. The van der Waals surface area contributed by atoms with Crippen molar-refractivity contribution in [2.75, 3.05) is 20.3 Å². The first-order valence-corrected chi connectivity index (χ1v) is 5.43. The second kappa shape index (κ2) is 6.97. The highest BCUT2D eigenvalue weighted by Crippen LogP contribution is 2.07. The molecule has 96 valence electrons. The summed E-state index contributed by atoms with van der Waals surface area (Å²) in [4.78, 5) is 10.9. The van der Waals surface area contributed by atoms with E-state index in [0.29, 0.717) is 25.5 Å². The van der Waals surface area contributed by atoms with Crippen LogP contribution in [-0.4, -0.2) is 46.4 Å². The number of carboxylic acids is 1. The molecule has 0 saturated heterocycles. The lowest BCUT2D eigenvalue weighted by molar-refractivity contribution is 0.0684. The minimum Gasteiger partial charge on any atom is -0.476 e. The van der Waals surface area contributed by atoms with Gasteiger partial charge in [-0.1, -0.05) is 5.21 Å². The van der Waals surface area contributed by atoms with Gasteiger partial charge in [-0.25, -0.2) is 9.48 Å². The van der Waals surface area contributed by atoms with Crippen molar-refractivity contribution in [3.8, 4) is 0 Å². The Morgan fingerprint density at radius 3 is 2.88 bits per heavy atom. The number of ether oxygens (including phenoxy) is 2. The third kappa shape index (κ3) is 3.79. The number of hydrogen-bond donors (Lipinski definition) is 1. The molecular formula is C10H17N3O4. The molecule has 17 heavy (non-hydrogen) atoms. The van der Waals surface area contributed by atoms with Crippen LogP contribution in [0.5, 0.6) is 0 Å². The number of rotatable bonds is 8. The molecule has 1 rings (SSSR count). The highest BCUT2D eigenvalue weighted by Gasteiger charge is 2.18. The summed E-state index contributed by atoms with van der Waals surface area (Å²) in [5.74, 6) is -1.09. The largest absolute Gasteiger partial charge is 0.476 e. The summed E-state index contributed by atoms with van der Waals surface area (Å²) >= 11 is 0. The van der Waals surface area contributed by atoms with Gasteiger partial charge in [0.25, 0.3) is 0 Å². The Balaban J connectivity index is 2.67. The topological polar surface area (TPSA) is 86.5 Å². The molecule has 7 heteroatoms. The second-order valence-corrected chi connectivity index (χ2v) is 3.40. The van der Waals surface area contributed by atoms with Crippen molar-refractivity contribution < 1.29 is 19.4 Å². The van der Waals surface area contributed by atoms with E-state index in [4.69, 9.17) is 14.6 Å². The molecular weight excluding hydrogens is 226 g/mol.